The monoisotopic (exact) mass is 317 g/mol. The SMILES string of the molecule is NNC(c1ccncc1Cl)c1cscc1Br. The number of hydrazine groups is 1. The van der Waals surface area contributed by atoms with Crippen LogP contribution in [0.1, 0.15) is 17.2 Å². The first kappa shape index (κ1) is 12.0. The molecule has 0 aliphatic carbocycles. The van der Waals surface area contributed by atoms with Crippen molar-refractivity contribution in [2.75, 3.05) is 0 Å². The molecule has 2 aromatic heterocycles. The number of nitrogens with zero attached hydrogens (tertiary/aromatic N) is 1. The Hall–Kier alpha value is -0.460. The minimum atomic E-state index is -0.129. The third-order valence-electron chi connectivity index (χ3n) is 2.23. The van der Waals surface area contributed by atoms with Crippen molar-refractivity contribution in [3.05, 3.63) is 49.8 Å². The summed E-state index contributed by atoms with van der Waals surface area (Å²) in [6.45, 7) is 0. The predicted molar refractivity (Wildman–Crippen MR) is 70.4 cm³/mol. The average Bonchev–Trinajstić information content (AvgIpc) is 2.69. The average molecular weight is 319 g/mol. The van der Waals surface area contributed by atoms with E-state index < -0.39 is 0 Å². The maximum atomic E-state index is 6.10. The van der Waals surface area contributed by atoms with Crippen molar-refractivity contribution in [2.24, 2.45) is 5.84 Å². The van der Waals surface area contributed by atoms with Gasteiger partial charge in [0, 0.05) is 22.2 Å². The lowest BCUT2D eigenvalue weighted by molar-refractivity contribution is 0.636. The van der Waals surface area contributed by atoms with Crippen molar-refractivity contribution in [1.82, 2.24) is 10.4 Å². The Balaban J connectivity index is 2.45. The summed E-state index contributed by atoms with van der Waals surface area (Å²) in [7, 11) is 0. The number of nitrogens with two attached hydrogens (primary N) is 1. The second-order valence-electron chi connectivity index (χ2n) is 3.17. The molecule has 2 aromatic rings. The molecule has 2 heterocycles. The number of nitrogens with one attached hydrogen (secondary N) is 1. The molecule has 0 aliphatic heterocycles. The lowest BCUT2D eigenvalue weighted by Crippen LogP contribution is -2.29. The molecule has 0 radical (unpaired) electrons. The van der Waals surface area contributed by atoms with Gasteiger partial charge in [0.1, 0.15) is 0 Å². The van der Waals surface area contributed by atoms with Gasteiger partial charge in [-0.05, 0) is 38.5 Å². The molecular weight excluding hydrogens is 310 g/mol. The van der Waals surface area contributed by atoms with Crippen LogP contribution in [0, 0.1) is 0 Å². The van der Waals surface area contributed by atoms with Crippen molar-refractivity contribution in [1.29, 1.82) is 0 Å². The Morgan fingerprint density at radius 2 is 2.25 bits per heavy atom. The van der Waals surface area contributed by atoms with Gasteiger partial charge >= 0.3 is 0 Å². The second kappa shape index (κ2) is 5.25. The van der Waals surface area contributed by atoms with Crippen LogP contribution in [0.25, 0.3) is 0 Å². The minimum Gasteiger partial charge on any atom is -0.271 e. The molecule has 2 rings (SSSR count). The van der Waals surface area contributed by atoms with Crippen LogP contribution in [-0.4, -0.2) is 4.98 Å². The summed E-state index contributed by atoms with van der Waals surface area (Å²) in [5.41, 5.74) is 4.75. The molecule has 0 aromatic carbocycles. The Morgan fingerprint density at radius 3 is 2.81 bits per heavy atom. The van der Waals surface area contributed by atoms with Gasteiger partial charge in [-0.2, -0.15) is 11.3 Å². The van der Waals surface area contributed by atoms with Gasteiger partial charge in [0.25, 0.3) is 0 Å². The Kier molecular flexibility index (Phi) is 3.94. The van der Waals surface area contributed by atoms with E-state index in [9.17, 15) is 0 Å². The lowest BCUT2D eigenvalue weighted by Gasteiger charge is -2.16. The predicted octanol–water partition coefficient (Wildman–Crippen LogP) is 3.11. The van der Waals surface area contributed by atoms with Gasteiger partial charge in [0.2, 0.25) is 0 Å². The highest BCUT2D eigenvalue weighted by Gasteiger charge is 2.18. The molecular formula is C10H9BrClN3S. The third kappa shape index (κ3) is 2.28. The Bertz CT molecular complexity index is 488. The summed E-state index contributed by atoms with van der Waals surface area (Å²) >= 11 is 11.2. The Labute approximate surface area is 111 Å². The molecule has 1 unspecified atom stereocenters. The number of pyridine rings is 1. The molecule has 3 nitrogen and oxygen atoms in total. The zero-order valence-electron chi connectivity index (χ0n) is 8.15. The first-order chi connectivity index (χ1) is 7.74. The van der Waals surface area contributed by atoms with E-state index in [-0.39, 0.29) is 6.04 Å². The number of thiophene rings is 1. The van der Waals surface area contributed by atoms with Crippen LogP contribution in [-0.2, 0) is 0 Å². The molecule has 0 aliphatic rings. The summed E-state index contributed by atoms with van der Waals surface area (Å²) < 4.78 is 1.02. The summed E-state index contributed by atoms with van der Waals surface area (Å²) in [6.07, 6.45) is 3.31. The van der Waals surface area contributed by atoms with Crippen LogP contribution in [0.15, 0.2) is 33.7 Å². The molecule has 0 fully saturated rings. The van der Waals surface area contributed by atoms with Crippen molar-refractivity contribution >= 4 is 38.9 Å². The highest BCUT2D eigenvalue weighted by Crippen LogP contribution is 2.33. The maximum absolute atomic E-state index is 6.10. The Morgan fingerprint density at radius 1 is 1.44 bits per heavy atom. The molecule has 1 atom stereocenters. The van der Waals surface area contributed by atoms with Gasteiger partial charge in [-0.25, -0.2) is 5.43 Å². The minimum absolute atomic E-state index is 0.129. The van der Waals surface area contributed by atoms with E-state index in [4.69, 9.17) is 17.4 Å². The van der Waals surface area contributed by atoms with Crippen LogP contribution in [0.5, 0.6) is 0 Å². The first-order valence-electron chi connectivity index (χ1n) is 4.51. The third-order valence-corrected chi connectivity index (χ3v) is 4.30. The van der Waals surface area contributed by atoms with Gasteiger partial charge in [0.15, 0.2) is 0 Å². The molecule has 0 saturated carbocycles. The first-order valence-corrected chi connectivity index (χ1v) is 6.62. The van der Waals surface area contributed by atoms with Crippen molar-refractivity contribution < 1.29 is 0 Å². The quantitative estimate of drug-likeness (QED) is 0.675. The second-order valence-corrected chi connectivity index (χ2v) is 5.18. The number of rotatable bonds is 3. The molecule has 3 N–H and O–H groups in total. The maximum Gasteiger partial charge on any atom is 0.0744 e. The zero-order valence-corrected chi connectivity index (χ0v) is 11.3. The number of aromatic nitrogens is 1. The van der Waals surface area contributed by atoms with Crippen LogP contribution >= 0.6 is 38.9 Å². The van der Waals surface area contributed by atoms with Gasteiger partial charge < -0.3 is 0 Å². The molecule has 0 spiro atoms. The number of hydrogen-bond acceptors (Lipinski definition) is 4. The molecule has 0 bridgehead atoms. The molecule has 6 heteroatoms. The summed E-state index contributed by atoms with van der Waals surface area (Å²) in [5.74, 6) is 5.59. The van der Waals surface area contributed by atoms with E-state index in [2.05, 4.69) is 26.3 Å². The fourth-order valence-corrected chi connectivity index (χ4v) is 3.24. The standard InChI is InChI=1S/C10H9BrClN3S/c11-8-5-16-4-7(8)10(15-13)6-1-2-14-3-9(6)12/h1-5,10,15H,13H2. The van der Waals surface area contributed by atoms with E-state index in [1.54, 1.807) is 23.7 Å². The lowest BCUT2D eigenvalue weighted by atomic mass is 10.0. The van der Waals surface area contributed by atoms with E-state index in [0.29, 0.717) is 5.02 Å². The topological polar surface area (TPSA) is 50.9 Å². The molecule has 16 heavy (non-hydrogen) atoms. The van der Waals surface area contributed by atoms with Crippen molar-refractivity contribution in [2.45, 2.75) is 6.04 Å². The summed E-state index contributed by atoms with van der Waals surface area (Å²) in [5, 5.41) is 4.64. The molecule has 0 amide bonds. The van der Waals surface area contributed by atoms with E-state index in [1.165, 1.54) is 0 Å². The highest BCUT2D eigenvalue weighted by molar-refractivity contribution is 9.10. The normalized spacial score (nSPS) is 12.7. The van der Waals surface area contributed by atoms with Gasteiger partial charge in [-0.15, -0.1) is 0 Å². The van der Waals surface area contributed by atoms with Crippen molar-refractivity contribution in [3.63, 3.8) is 0 Å². The smallest absolute Gasteiger partial charge is 0.0744 e. The highest BCUT2D eigenvalue weighted by atomic mass is 79.9. The van der Waals surface area contributed by atoms with Gasteiger partial charge in [-0.3, -0.25) is 10.8 Å². The number of hydrogen-bond donors (Lipinski definition) is 2. The summed E-state index contributed by atoms with van der Waals surface area (Å²) in [6, 6.07) is 1.73. The van der Waals surface area contributed by atoms with Crippen molar-refractivity contribution in [3.8, 4) is 0 Å². The van der Waals surface area contributed by atoms with Crippen LogP contribution in [0.3, 0.4) is 0 Å². The fraction of sp³-hybridized carbons (Fsp3) is 0.100. The van der Waals surface area contributed by atoms with Crippen LogP contribution in [0.4, 0.5) is 0 Å². The molecule has 0 saturated heterocycles. The van der Waals surface area contributed by atoms with Gasteiger partial charge in [0.05, 0.1) is 11.1 Å². The molecule has 84 valence electrons. The van der Waals surface area contributed by atoms with E-state index in [0.717, 1.165) is 15.6 Å². The van der Waals surface area contributed by atoms with Crippen LogP contribution < -0.4 is 11.3 Å². The van der Waals surface area contributed by atoms with Crippen LogP contribution in [0.2, 0.25) is 5.02 Å². The fourth-order valence-electron chi connectivity index (χ4n) is 1.46. The largest absolute Gasteiger partial charge is 0.271 e. The van der Waals surface area contributed by atoms with E-state index >= 15 is 0 Å². The van der Waals surface area contributed by atoms with E-state index in [1.807, 2.05) is 16.8 Å². The number of halogens is 2. The zero-order chi connectivity index (χ0) is 11.5. The van der Waals surface area contributed by atoms with Gasteiger partial charge in [-0.1, -0.05) is 11.6 Å². The summed E-state index contributed by atoms with van der Waals surface area (Å²) in [4.78, 5) is 3.96.